The Hall–Kier alpha value is -2.49. The van der Waals surface area contributed by atoms with Gasteiger partial charge in [-0.25, -0.2) is 4.79 Å². The van der Waals surface area contributed by atoms with Crippen LogP contribution < -0.4 is 10.1 Å². The number of aromatic carboxylic acids is 1. The Bertz CT molecular complexity index is 681. The lowest BCUT2D eigenvalue weighted by atomic mass is 10.0. The minimum atomic E-state index is -0.916. The molecule has 108 valence electrons. The fourth-order valence-electron chi connectivity index (χ4n) is 2.55. The summed E-state index contributed by atoms with van der Waals surface area (Å²) >= 11 is 0. The maximum Gasteiger partial charge on any atom is 0.335 e. The topological polar surface area (TPSA) is 58.6 Å². The monoisotopic (exact) mass is 283 g/mol. The van der Waals surface area contributed by atoms with Crippen molar-refractivity contribution in [2.75, 3.05) is 11.9 Å². The molecule has 1 atom stereocenters. The third kappa shape index (κ3) is 2.84. The molecule has 2 aromatic rings. The van der Waals surface area contributed by atoms with Crippen molar-refractivity contribution in [2.24, 2.45) is 0 Å². The van der Waals surface area contributed by atoms with Crippen LogP contribution in [0.4, 0.5) is 5.69 Å². The van der Waals surface area contributed by atoms with Crippen LogP contribution in [0.5, 0.6) is 5.75 Å². The van der Waals surface area contributed by atoms with Gasteiger partial charge in [0.15, 0.2) is 0 Å². The number of fused-ring (bicyclic) bond motifs is 1. The molecular weight excluding hydrogens is 266 g/mol. The maximum absolute atomic E-state index is 11.0. The van der Waals surface area contributed by atoms with Gasteiger partial charge in [-0.1, -0.05) is 12.1 Å². The van der Waals surface area contributed by atoms with Crippen molar-refractivity contribution in [3.8, 4) is 5.75 Å². The average molecular weight is 283 g/mol. The lowest BCUT2D eigenvalue weighted by Gasteiger charge is -2.17. The minimum Gasteiger partial charge on any atom is -0.493 e. The molecule has 0 saturated carbocycles. The second-order valence-corrected chi connectivity index (χ2v) is 5.22. The molecule has 1 unspecified atom stereocenters. The molecule has 0 amide bonds. The number of ether oxygens (including phenoxy) is 1. The quantitative estimate of drug-likeness (QED) is 0.901. The van der Waals surface area contributed by atoms with E-state index in [1.54, 1.807) is 18.2 Å². The maximum atomic E-state index is 11.0. The third-order valence-electron chi connectivity index (χ3n) is 3.71. The summed E-state index contributed by atoms with van der Waals surface area (Å²) in [7, 11) is 0. The van der Waals surface area contributed by atoms with Crippen molar-refractivity contribution in [3.05, 3.63) is 59.2 Å². The van der Waals surface area contributed by atoms with Crippen molar-refractivity contribution >= 4 is 11.7 Å². The molecule has 0 spiro atoms. The predicted molar refractivity (Wildman–Crippen MR) is 81.1 cm³/mol. The molecule has 1 aliphatic rings. The summed E-state index contributed by atoms with van der Waals surface area (Å²) in [6.45, 7) is 2.81. The number of hydrogen-bond acceptors (Lipinski definition) is 3. The fourth-order valence-corrected chi connectivity index (χ4v) is 2.55. The first-order chi connectivity index (χ1) is 10.1. The Kier molecular flexibility index (Phi) is 3.52. The molecule has 1 aliphatic heterocycles. The Morgan fingerprint density at radius 2 is 2.14 bits per heavy atom. The molecule has 3 rings (SSSR count). The highest BCUT2D eigenvalue weighted by Gasteiger charge is 2.14. The molecule has 0 radical (unpaired) electrons. The van der Waals surface area contributed by atoms with Crippen LogP contribution in [0.15, 0.2) is 42.5 Å². The highest BCUT2D eigenvalue weighted by atomic mass is 16.5. The smallest absolute Gasteiger partial charge is 0.335 e. The van der Waals surface area contributed by atoms with E-state index in [9.17, 15) is 4.79 Å². The summed E-state index contributed by atoms with van der Waals surface area (Å²) in [5, 5.41) is 12.4. The summed E-state index contributed by atoms with van der Waals surface area (Å²) in [6.07, 6.45) is 0.949. The van der Waals surface area contributed by atoms with E-state index in [2.05, 4.69) is 18.3 Å². The highest BCUT2D eigenvalue weighted by Crippen LogP contribution is 2.29. The molecule has 4 nitrogen and oxygen atoms in total. The first-order valence-electron chi connectivity index (χ1n) is 6.99. The van der Waals surface area contributed by atoms with E-state index in [0.717, 1.165) is 24.5 Å². The van der Waals surface area contributed by atoms with E-state index in [0.29, 0.717) is 0 Å². The summed E-state index contributed by atoms with van der Waals surface area (Å²) in [6, 6.07) is 13.2. The van der Waals surface area contributed by atoms with Gasteiger partial charge >= 0.3 is 5.97 Å². The number of carboxylic acids is 1. The zero-order valence-corrected chi connectivity index (χ0v) is 11.8. The van der Waals surface area contributed by atoms with E-state index >= 15 is 0 Å². The second kappa shape index (κ2) is 5.48. The van der Waals surface area contributed by atoms with Crippen LogP contribution in [0.25, 0.3) is 0 Å². The number of carboxylic acid groups (broad SMARTS) is 1. The Labute approximate surface area is 123 Å². The fraction of sp³-hybridized carbons (Fsp3) is 0.235. The van der Waals surface area contributed by atoms with Crippen molar-refractivity contribution < 1.29 is 14.6 Å². The van der Waals surface area contributed by atoms with Crippen molar-refractivity contribution in [3.63, 3.8) is 0 Å². The minimum absolute atomic E-state index is 0.0972. The molecule has 2 N–H and O–H groups in total. The molecule has 0 aromatic heterocycles. The predicted octanol–water partition coefficient (Wildman–Crippen LogP) is 3.49. The van der Waals surface area contributed by atoms with Gasteiger partial charge in [0, 0.05) is 18.2 Å². The molecule has 0 saturated heterocycles. The first-order valence-corrected chi connectivity index (χ1v) is 6.99. The Balaban J connectivity index is 1.78. The molecule has 0 aliphatic carbocycles. The highest BCUT2D eigenvalue weighted by molar-refractivity contribution is 5.88. The number of anilines is 1. The lowest BCUT2D eigenvalue weighted by Crippen LogP contribution is -2.07. The van der Waals surface area contributed by atoms with Gasteiger partial charge in [-0.15, -0.1) is 0 Å². The molecule has 21 heavy (non-hydrogen) atoms. The van der Waals surface area contributed by atoms with Gasteiger partial charge in [-0.05, 0) is 48.4 Å². The summed E-state index contributed by atoms with van der Waals surface area (Å²) in [5.74, 6) is 0.0554. The normalized spacial score (nSPS) is 14.1. The van der Waals surface area contributed by atoms with Gasteiger partial charge in [0.05, 0.1) is 12.2 Å². The van der Waals surface area contributed by atoms with Crippen LogP contribution in [0.1, 0.15) is 34.5 Å². The number of carbonyl (C=O) groups is 1. The zero-order valence-electron chi connectivity index (χ0n) is 11.8. The van der Waals surface area contributed by atoms with Gasteiger partial charge in [-0.3, -0.25) is 0 Å². The zero-order chi connectivity index (χ0) is 14.8. The Morgan fingerprint density at radius 3 is 2.95 bits per heavy atom. The van der Waals surface area contributed by atoms with Gasteiger partial charge in [0.2, 0.25) is 0 Å². The van der Waals surface area contributed by atoms with Gasteiger partial charge in [0.1, 0.15) is 5.75 Å². The van der Waals surface area contributed by atoms with E-state index < -0.39 is 5.97 Å². The molecule has 0 fully saturated rings. The third-order valence-corrected chi connectivity index (χ3v) is 3.71. The molecule has 0 bridgehead atoms. The number of rotatable bonds is 4. The second-order valence-electron chi connectivity index (χ2n) is 5.22. The largest absolute Gasteiger partial charge is 0.493 e. The standard InChI is InChI=1S/C17H17NO3/c1-11(12-5-6-16-13(9-12)7-8-21-16)18-15-4-2-3-14(10-15)17(19)20/h2-6,9-11,18H,7-8H2,1H3,(H,19,20). The van der Waals surface area contributed by atoms with Crippen molar-refractivity contribution in [2.45, 2.75) is 19.4 Å². The molecule has 1 heterocycles. The Morgan fingerprint density at radius 1 is 1.29 bits per heavy atom. The summed E-state index contributed by atoms with van der Waals surface area (Å²) in [4.78, 5) is 11.0. The van der Waals surface area contributed by atoms with Gasteiger partial charge in [0.25, 0.3) is 0 Å². The number of nitrogens with one attached hydrogen (secondary N) is 1. The van der Waals surface area contributed by atoms with Crippen LogP contribution in [0, 0.1) is 0 Å². The van der Waals surface area contributed by atoms with E-state index in [-0.39, 0.29) is 11.6 Å². The van der Waals surface area contributed by atoms with Crippen molar-refractivity contribution in [1.29, 1.82) is 0 Å². The van der Waals surface area contributed by atoms with Crippen LogP contribution in [-0.2, 0) is 6.42 Å². The SMILES string of the molecule is CC(Nc1cccc(C(=O)O)c1)c1ccc2c(c1)CCO2. The van der Waals surface area contributed by atoms with Crippen LogP contribution in [0.2, 0.25) is 0 Å². The number of hydrogen-bond donors (Lipinski definition) is 2. The number of benzene rings is 2. The summed E-state index contributed by atoms with van der Waals surface area (Å²) < 4.78 is 5.51. The van der Waals surface area contributed by atoms with E-state index in [4.69, 9.17) is 9.84 Å². The van der Waals surface area contributed by atoms with Crippen LogP contribution >= 0.6 is 0 Å². The molecular formula is C17H17NO3. The first kappa shape index (κ1) is 13.5. The van der Waals surface area contributed by atoms with Crippen molar-refractivity contribution in [1.82, 2.24) is 0 Å². The van der Waals surface area contributed by atoms with Gasteiger partial charge in [-0.2, -0.15) is 0 Å². The van der Waals surface area contributed by atoms with E-state index in [1.807, 2.05) is 18.2 Å². The summed E-state index contributed by atoms with van der Waals surface area (Å²) in [5.41, 5.74) is 3.49. The molecule has 2 aromatic carbocycles. The molecule has 4 heteroatoms. The van der Waals surface area contributed by atoms with Gasteiger partial charge < -0.3 is 15.2 Å². The lowest BCUT2D eigenvalue weighted by molar-refractivity contribution is 0.0697. The van der Waals surface area contributed by atoms with Crippen LogP contribution in [-0.4, -0.2) is 17.7 Å². The van der Waals surface area contributed by atoms with E-state index in [1.165, 1.54) is 11.1 Å². The average Bonchev–Trinajstić information content (AvgIpc) is 2.94. The van der Waals surface area contributed by atoms with Crippen LogP contribution in [0.3, 0.4) is 0 Å².